The summed E-state index contributed by atoms with van der Waals surface area (Å²) >= 11 is 0. The number of urea groups is 1. The molecule has 0 aliphatic carbocycles. The van der Waals surface area contributed by atoms with E-state index in [-0.39, 0.29) is 18.5 Å². The fourth-order valence-electron chi connectivity index (χ4n) is 1.73. The molecule has 0 rings (SSSR count). The third kappa shape index (κ3) is 7.14. The van der Waals surface area contributed by atoms with Gasteiger partial charge in [-0.15, -0.1) is 0 Å². The first-order chi connectivity index (χ1) is 8.18. The number of hydrogen-bond acceptors (Lipinski definition) is 2. The van der Waals surface area contributed by atoms with E-state index < -0.39 is 11.5 Å². The molecule has 1 atom stereocenters. The van der Waals surface area contributed by atoms with Crippen molar-refractivity contribution in [2.75, 3.05) is 0 Å². The summed E-state index contributed by atoms with van der Waals surface area (Å²) in [6, 6.07) is -0.0915. The molecule has 0 aliphatic heterocycles. The predicted molar refractivity (Wildman–Crippen MR) is 71.5 cm³/mol. The normalized spacial score (nSPS) is 13.2. The lowest BCUT2D eigenvalue weighted by atomic mass is 9.98. The van der Waals surface area contributed by atoms with Crippen molar-refractivity contribution in [3.8, 4) is 0 Å². The Balaban J connectivity index is 4.24. The number of nitrogens with one attached hydrogen (secondary N) is 2. The van der Waals surface area contributed by atoms with Gasteiger partial charge in [0.15, 0.2) is 0 Å². The van der Waals surface area contributed by atoms with E-state index in [9.17, 15) is 9.59 Å². The van der Waals surface area contributed by atoms with E-state index in [0.717, 1.165) is 6.42 Å². The molecule has 0 bridgehead atoms. The molecule has 0 aliphatic rings. The van der Waals surface area contributed by atoms with Gasteiger partial charge in [0.2, 0.25) is 0 Å². The second-order valence-corrected chi connectivity index (χ2v) is 5.63. The number of rotatable bonds is 7. The molecule has 0 heterocycles. The van der Waals surface area contributed by atoms with Crippen LogP contribution in [0.3, 0.4) is 0 Å². The average molecular weight is 258 g/mol. The van der Waals surface area contributed by atoms with Crippen molar-refractivity contribution >= 4 is 12.0 Å². The highest BCUT2D eigenvalue weighted by Gasteiger charge is 2.23. The van der Waals surface area contributed by atoms with Gasteiger partial charge in [-0.1, -0.05) is 20.8 Å². The van der Waals surface area contributed by atoms with E-state index in [1.807, 2.05) is 20.8 Å². The minimum atomic E-state index is -0.848. The molecular weight excluding hydrogens is 232 g/mol. The molecule has 5 nitrogen and oxygen atoms in total. The Labute approximate surface area is 109 Å². The van der Waals surface area contributed by atoms with Crippen LogP contribution in [0.1, 0.15) is 53.9 Å². The fourth-order valence-corrected chi connectivity index (χ4v) is 1.73. The van der Waals surface area contributed by atoms with Crippen LogP contribution in [0.2, 0.25) is 0 Å². The maximum Gasteiger partial charge on any atom is 0.315 e. The first kappa shape index (κ1) is 16.7. The minimum Gasteiger partial charge on any atom is -0.481 e. The SMILES string of the molecule is CCC(NC(=O)NC(C)(C)CCC(=O)O)C(C)C. The number of aliphatic carboxylic acids is 1. The van der Waals surface area contributed by atoms with Crippen LogP contribution in [0.15, 0.2) is 0 Å². The van der Waals surface area contributed by atoms with Crippen LogP contribution in [-0.4, -0.2) is 28.7 Å². The highest BCUT2D eigenvalue weighted by molar-refractivity contribution is 5.75. The Bertz CT molecular complexity index is 288. The van der Waals surface area contributed by atoms with Crippen molar-refractivity contribution in [2.45, 2.75) is 65.5 Å². The predicted octanol–water partition coefficient (Wildman–Crippen LogP) is 2.36. The number of carbonyl (C=O) groups is 2. The van der Waals surface area contributed by atoms with Crippen molar-refractivity contribution < 1.29 is 14.7 Å². The lowest BCUT2D eigenvalue weighted by Gasteiger charge is -2.28. The maximum atomic E-state index is 11.8. The van der Waals surface area contributed by atoms with Crippen molar-refractivity contribution in [1.82, 2.24) is 10.6 Å². The van der Waals surface area contributed by atoms with Crippen LogP contribution >= 0.6 is 0 Å². The Morgan fingerprint density at radius 3 is 2.22 bits per heavy atom. The van der Waals surface area contributed by atoms with Gasteiger partial charge >= 0.3 is 12.0 Å². The largest absolute Gasteiger partial charge is 0.481 e. The standard InChI is InChI=1S/C13H26N2O3/c1-6-10(9(2)3)14-12(18)15-13(4,5)8-7-11(16)17/h9-10H,6-8H2,1-5H3,(H,16,17)(H2,14,15,18). The van der Waals surface area contributed by atoms with Crippen LogP contribution in [0.4, 0.5) is 4.79 Å². The van der Waals surface area contributed by atoms with Crippen LogP contribution in [0, 0.1) is 5.92 Å². The van der Waals surface area contributed by atoms with Gasteiger partial charge in [0.25, 0.3) is 0 Å². The van der Waals surface area contributed by atoms with Crippen LogP contribution < -0.4 is 10.6 Å². The zero-order chi connectivity index (χ0) is 14.3. The zero-order valence-electron chi connectivity index (χ0n) is 12.0. The summed E-state index contributed by atoms with van der Waals surface area (Å²) in [5.41, 5.74) is -0.516. The van der Waals surface area contributed by atoms with E-state index in [1.165, 1.54) is 0 Å². The quantitative estimate of drug-likeness (QED) is 0.656. The summed E-state index contributed by atoms with van der Waals surface area (Å²) in [6.07, 6.45) is 1.34. The van der Waals surface area contributed by atoms with Crippen LogP contribution in [0.25, 0.3) is 0 Å². The van der Waals surface area contributed by atoms with Crippen molar-refractivity contribution in [1.29, 1.82) is 0 Å². The molecular formula is C13H26N2O3. The Kier molecular flexibility index (Phi) is 6.73. The van der Waals surface area contributed by atoms with E-state index in [4.69, 9.17) is 5.11 Å². The molecule has 0 aromatic rings. The van der Waals surface area contributed by atoms with Crippen molar-refractivity contribution in [2.24, 2.45) is 5.92 Å². The summed E-state index contributed by atoms with van der Waals surface area (Å²) in [4.78, 5) is 22.3. The van der Waals surface area contributed by atoms with Gasteiger partial charge < -0.3 is 15.7 Å². The molecule has 0 aromatic heterocycles. The Morgan fingerprint density at radius 1 is 1.28 bits per heavy atom. The van der Waals surface area contributed by atoms with Gasteiger partial charge in [0, 0.05) is 18.0 Å². The Morgan fingerprint density at radius 2 is 1.83 bits per heavy atom. The number of amides is 2. The molecule has 0 aromatic carbocycles. The molecule has 2 amide bonds. The molecule has 0 saturated carbocycles. The molecule has 3 N–H and O–H groups in total. The topological polar surface area (TPSA) is 78.4 Å². The average Bonchev–Trinajstić information content (AvgIpc) is 2.22. The van der Waals surface area contributed by atoms with Crippen molar-refractivity contribution in [3.05, 3.63) is 0 Å². The number of carboxylic acids is 1. The van der Waals surface area contributed by atoms with Gasteiger partial charge in [-0.2, -0.15) is 0 Å². The van der Waals surface area contributed by atoms with E-state index in [0.29, 0.717) is 12.3 Å². The number of carbonyl (C=O) groups excluding carboxylic acids is 1. The fraction of sp³-hybridized carbons (Fsp3) is 0.846. The molecule has 0 radical (unpaired) electrons. The van der Waals surface area contributed by atoms with Gasteiger partial charge in [-0.3, -0.25) is 4.79 Å². The van der Waals surface area contributed by atoms with Gasteiger partial charge in [-0.25, -0.2) is 4.79 Å². The van der Waals surface area contributed by atoms with E-state index in [1.54, 1.807) is 0 Å². The number of carboxylic acid groups (broad SMARTS) is 1. The highest BCUT2D eigenvalue weighted by atomic mass is 16.4. The molecule has 1 unspecified atom stereocenters. The van der Waals surface area contributed by atoms with Gasteiger partial charge in [0.1, 0.15) is 0 Å². The zero-order valence-corrected chi connectivity index (χ0v) is 12.0. The summed E-state index contributed by atoms with van der Waals surface area (Å²) in [5.74, 6) is -0.471. The third-order valence-electron chi connectivity index (χ3n) is 2.98. The molecule has 18 heavy (non-hydrogen) atoms. The first-order valence-electron chi connectivity index (χ1n) is 6.48. The summed E-state index contributed by atoms with van der Waals surface area (Å²) < 4.78 is 0. The summed E-state index contributed by atoms with van der Waals surface area (Å²) in [6.45, 7) is 9.80. The molecule has 5 heteroatoms. The summed E-state index contributed by atoms with van der Waals surface area (Å²) in [7, 11) is 0. The highest BCUT2D eigenvalue weighted by Crippen LogP contribution is 2.11. The summed E-state index contributed by atoms with van der Waals surface area (Å²) in [5, 5.41) is 14.4. The lowest BCUT2D eigenvalue weighted by Crippen LogP contribution is -2.52. The van der Waals surface area contributed by atoms with Crippen molar-refractivity contribution in [3.63, 3.8) is 0 Å². The van der Waals surface area contributed by atoms with Crippen LogP contribution in [-0.2, 0) is 4.79 Å². The third-order valence-corrected chi connectivity index (χ3v) is 2.98. The second-order valence-electron chi connectivity index (χ2n) is 5.63. The molecule has 0 spiro atoms. The molecule has 0 fully saturated rings. The van der Waals surface area contributed by atoms with Gasteiger partial charge in [0.05, 0.1) is 0 Å². The first-order valence-corrected chi connectivity index (χ1v) is 6.48. The number of hydrogen-bond donors (Lipinski definition) is 3. The molecule has 0 saturated heterocycles. The van der Waals surface area contributed by atoms with E-state index >= 15 is 0 Å². The minimum absolute atomic E-state index is 0.0503. The smallest absolute Gasteiger partial charge is 0.315 e. The maximum absolute atomic E-state index is 11.8. The van der Waals surface area contributed by atoms with Gasteiger partial charge in [-0.05, 0) is 32.6 Å². The Hall–Kier alpha value is -1.26. The monoisotopic (exact) mass is 258 g/mol. The lowest BCUT2D eigenvalue weighted by molar-refractivity contribution is -0.137. The second kappa shape index (κ2) is 7.24. The van der Waals surface area contributed by atoms with Crippen LogP contribution in [0.5, 0.6) is 0 Å². The molecule has 106 valence electrons. The van der Waals surface area contributed by atoms with E-state index in [2.05, 4.69) is 24.5 Å².